The number of hydrogen-bond donors (Lipinski definition) is 0. The first-order chi connectivity index (χ1) is 14.6. The standard InChI is InChI=1S/C24H14N4O2/c29-15-1-5-23(6-2-15)19-14-20-18(13-17(19)21-25-9-11-27(21)23)22-26-10-12-28(22)24(20)7-3-16(30)4-8-24/h1-14H. The van der Waals surface area contributed by atoms with Crippen LogP contribution in [0, 0.1) is 0 Å². The summed E-state index contributed by atoms with van der Waals surface area (Å²) < 4.78 is 4.20. The van der Waals surface area contributed by atoms with Gasteiger partial charge in [0.25, 0.3) is 0 Å². The Morgan fingerprint density at radius 3 is 1.50 bits per heavy atom. The Hall–Kier alpha value is -4.06. The lowest BCUT2D eigenvalue weighted by Gasteiger charge is -2.31. The molecule has 6 heteroatoms. The van der Waals surface area contributed by atoms with Crippen LogP contribution in [-0.4, -0.2) is 30.7 Å². The average molecular weight is 390 g/mol. The normalized spacial score (nSPS) is 20.1. The van der Waals surface area contributed by atoms with Crippen molar-refractivity contribution < 1.29 is 9.59 Å². The highest BCUT2D eigenvalue weighted by molar-refractivity contribution is 6.02. The topological polar surface area (TPSA) is 69.8 Å². The Morgan fingerprint density at radius 1 is 0.633 bits per heavy atom. The van der Waals surface area contributed by atoms with E-state index in [4.69, 9.17) is 0 Å². The van der Waals surface area contributed by atoms with Gasteiger partial charge >= 0.3 is 0 Å². The number of benzene rings is 1. The van der Waals surface area contributed by atoms with Gasteiger partial charge in [0, 0.05) is 35.9 Å². The molecule has 0 bridgehead atoms. The van der Waals surface area contributed by atoms with E-state index < -0.39 is 11.1 Å². The molecule has 2 aliphatic carbocycles. The minimum absolute atomic E-state index is 0.0230. The second-order valence-electron chi connectivity index (χ2n) is 7.97. The van der Waals surface area contributed by atoms with Crippen LogP contribution in [0.3, 0.4) is 0 Å². The number of hydrogen-bond acceptors (Lipinski definition) is 4. The fraction of sp³-hybridized carbons (Fsp3) is 0.0833. The summed E-state index contributed by atoms with van der Waals surface area (Å²) in [6.45, 7) is 0. The van der Waals surface area contributed by atoms with Gasteiger partial charge in [0.2, 0.25) is 0 Å². The summed E-state index contributed by atoms with van der Waals surface area (Å²) in [6, 6.07) is 4.32. The highest BCUT2D eigenvalue weighted by Gasteiger charge is 2.47. The van der Waals surface area contributed by atoms with E-state index >= 15 is 0 Å². The number of rotatable bonds is 0. The summed E-state index contributed by atoms with van der Waals surface area (Å²) >= 11 is 0. The Labute approximate surface area is 171 Å². The maximum absolute atomic E-state index is 11.9. The van der Waals surface area contributed by atoms with Gasteiger partial charge in [-0.2, -0.15) is 0 Å². The Bertz CT molecular complexity index is 1310. The molecule has 0 saturated heterocycles. The van der Waals surface area contributed by atoms with Crippen molar-refractivity contribution >= 4 is 11.6 Å². The van der Waals surface area contributed by atoms with Crippen molar-refractivity contribution in [1.29, 1.82) is 0 Å². The molecule has 1 aromatic carbocycles. The number of imidazole rings is 2. The molecule has 0 unspecified atom stereocenters. The molecule has 0 fully saturated rings. The van der Waals surface area contributed by atoms with Crippen LogP contribution < -0.4 is 0 Å². The average Bonchev–Trinajstić information content (AvgIpc) is 3.51. The molecule has 4 heterocycles. The fourth-order valence-electron chi connectivity index (χ4n) is 5.23. The molecular weight excluding hydrogens is 376 g/mol. The third-order valence-electron chi connectivity index (χ3n) is 6.59. The molecule has 4 aliphatic rings. The van der Waals surface area contributed by atoms with Crippen molar-refractivity contribution in [2.24, 2.45) is 0 Å². The quantitative estimate of drug-likeness (QED) is 0.592. The zero-order valence-corrected chi connectivity index (χ0v) is 15.7. The zero-order valence-electron chi connectivity index (χ0n) is 15.7. The maximum Gasteiger partial charge on any atom is 0.178 e. The van der Waals surface area contributed by atoms with Crippen LogP contribution in [0.4, 0.5) is 0 Å². The molecule has 7 rings (SSSR count). The lowest BCUT2D eigenvalue weighted by molar-refractivity contribution is -0.111. The van der Waals surface area contributed by atoms with E-state index in [-0.39, 0.29) is 11.6 Å². The van der Waals surface area contributed by atoms with E-state index in [1.807, 2.05) is 36.7 Å². The van der Waals surface area contributed by atoms with Gasteiger partial charge < -0.3 is 9.13 Å². The van der Waals surface area contributed by atoms with E-state index in [0.717, 1.165) is 33.9 Å². The molecule has 0 atom stereocenters. The molecule has 30 heavy (non-hydrogen) atoms. The minimum Gasteiger partial charge on any atom is -0.314 e. The molecule has 2 aromatic heterocycles. The van der Waals surface area contributed by atoms with Crippen LogP contribution in [0.25, 0.3) is 22.8 Å². The van der Waals surface area contributed by atoms with Gasteiger partial charge in [0.05, 0.1) is 0 Å². The fourth-order valence-corrected chi connectivity index (χ4v) is 5.23. The van der Waals surface area contributed by atoms with Crippen molar-refractivity contribution in [3.8, 4) is 22.8 Å². The number of fused-ring (bicyclic) bond motifs is 10. The monoisotopic (exact) mass is 390 g/mol. The van der Waals surface area contributed by atoms with Crippen molar-refractivity contribution in [2.75, 3.05) is 0 Å². The first-order valence-corrected chi connectivity index (χ1v) is 9.75. The lowest BCUT2D eigenvalue weighted by atomic mass is 9.79. The van der Waals surface area contributed by atoms with Crippen molar-refractivity contribution in [2.45, 2.75) is 11.1 Å². The number of aromatic nitrogens is 4. The van der Waals surface area contributed by atoms with Gasteiger partial charge in [-0.3, -0.25) is 9.59 Å². The van der Waals surface area contributed by atoms with Crippen LogP contribution in [0.1, 0.15) is 11.1 Å². The molecule has 6 nitrogen and oxygen atoms in total. The van der Waals surface area contributed by atoms with E-state index in [0.29, 0.717) is 0 Å². The van der Waals surface area contributed by atoms with Crippen LogP contribution in [0.15, 0.2) is 85.5 Å². The van der Waals surface area contributed by atoms with Crippen molar-refractivity contribution in [3.63, 3.8) is 0 Å². The second kappa shape index (κ2) is 4.91. The molecule has 0 amide bonds. The number of allylic oxidation sites excluding steroid dienone is 8. The van der Waals surface area contributed by atoms with E-state index in [1.165, 1.54) is 0 Å². The van der Waals surface area contributed by atoms with Crippen molar-refractivity contribution in [1.82, 2.24) is 19.1 Å². The minimum atomic E-state index is -0.589. The van der Waals surface area contributed by atoms with Crippen LogP contribution in [-0.2, 0) is 20.7 Å². The van der Waals surface area contributed by atoms with E-state index in [2.05, 4.69) is 31.2 Å². The molecule has 2 spiro atoms. The molecule has 0 radical (unpaired) electrons. The molecule has 3 aromatic rings. The predicted octanol–water partition coefficient (Wildman–Crippen LogP) is 2.92. The second-order valence-corrected chi connectivity index (χ2v) is 7.97. The maximum atomic E-state index is 11.9. The molecule has 142 valence electrons. The van der Waals surface area contributed by atoms with Gasteiger partial charge in [0.15, 0.2) is 11.6 Å². The number of nitrogens with zero attached hydrogens (tertiary/aromatic N) is 4. The summed E-state index contributed by atoms with van der Waals surface area (Å²) in [7, 11) is 0. The summed E-state index contributed by atoms with van der Waals surface area (Å²) in [5, 5.41) is 0. The summed E-state index contributed by atoms with van der Waals surface area (Å²) in [5.74, 6) is 1.68. The van der Waals surface area contributed by atoms with Gasteiger partial charge in [-0.1, -0.05) is 0 Å². The number of carbonyl (C=O) groups excluding carboxylic acids is 2. The first kappa shape index (κ1) is 15.8. The van der Waals surface area contributed by atoms with Gasteiger partial charge in [-0.15, -0.1) is 0 Å². The number of carbonyl (C=O) groups is 2. The predicted molar refractivity (Wildman–Crippen MR) is 110 cm³/mol. The Kier molecular flexibility index (Phi) is 2.59. The smallest absolute Gasteiger partial charge is 0.178 e. The molecule has 0 N–H and O–H groups in total. The molecule has 2 aliphatic heterocycles. The Balaban J connectivity index is 1.57. The van der Waals surface area contributed by atoms with Crippen LogP contribution in [0.2, 0.25) is 0 Å². The Morgan fingerprint density at radius 2 is 1.07 bits per heavy atom. The summed E-state index contributed by atoms with van der Waals surface area (Å²) in [5.41, 5.74) is 2.99. The molecular formula is C24H14N4O2. The van der Waals surface area contributed by atoms with Gasteiger partial charge in [-0.25, -0.2) is 9.97 Å². The van der Waals surface area contributed by atoms with E-state index in [9.17, 15) is 9.59 Å². The molecule has 0 saturated carbocycles. The third kappa shape index (κ3) is 1.63. The lowest BCUT2D eigenvalue weighted by Crippen LogP contribution is -2.31. The van der Waals surface area contributed by atoms with Gasteiger partial charge in [0.1, 0.15) is 22.7 Å². The summed E-state index contributed by atoms with van der Waals surface area (Å²) in [6.07, 6.45) is 21.7. The highest BCUT2D eigenvalue weighted by Crippen LogP contribution is 2.53. The van der Waals surface area contributed by atoms with Gasteiger partial charge in [-0.05, 0) is 71.9 Å². The largest absolute Gasteiger partial charge is 0.314 e. The van der Waals surface area contributed by atoms with Crippen molar-refractivity contribution in [3.05, 3.63) is 96.7 Å². The zero-order chi connectivity index (χ0) is 20.1. The van der Waals surface area contributed by atoms with Crippen LogP contribution >= 0.6 is 0 Å². The third-order valence-corrected chi connectivity index (χ3v) is 6.59. The van der Waals surface area contributed by atoms with Crippen LogP contribution in [0.5, 0.6) is 0 Å². The highest BCUT2D eigenvalue weighted by atomic mass is 16.1. The first-order valence-electron chi connectivity index (χ1n) is 9.75. The van der Waals surface area contributed by atoms with E-state index in [1.54, 1.807) is 36.7 Å². The SMILES string of the molecule is O=C1C=CC2(C=C1)c1cc3c(cc1-c1nccn12)-c1nccn1C31C=CC(=O)C=C1. The number of ketones is 2. The summed E-state index contributed by atoms with van der Waals surface area (Å²) in [4.78, 5) is 33.0.